The van der Waals surface area contributed by atoms with Crippen LogP contribution in [0.25, 0.3) is 11.0 Å². The Bertz CT molecular complexity index is 877. The molecule has 1 aliphatic rings. The number of imidazole rings is 1. The lowest BCUT2D eigenvalue weighted by Gasteiger charge is -2.30. The van der Waals surface area contributed by atoms with Crippen LogP contribution in [0.3, 0.4) is 0 Å². The van der Waals surface area contributed by atoms with Crippen LogP contribution in [0.4, 0.5) is 5.69 Å². The maximum Gasteiger partial charge on any atom is 0.114 e. The third-order valence-corrected chi connectivity index (χ3v) is 4.98. The lowest BCUT2D eigenvalue weighted by Crippen LogP contribution is -2.29. The monoisotopic (exact) mass is 317 g/mol. The number of hydrogen-bond donors (Lipinski definition) is 0. The summed E-state index contributed by atoms with van der Waals surface area (Å²) < 4.78 is 2.25. The first-order valence-electron chi connectivity index (χ1n) is 8.65. The Morgan fingerprint density at radius 2 is 2.00 bits per heavy atom. The lowest BCUT2D eigenvalue weighted by atomic mass is 10.00. The molecule has 4 rings (SSSR count). The molecule has 0 saturated carbocycles. The third-order valence-electron chi connectivity index (χ3n) is 4.98. The molecular weight excluding hydrogens is 294 g/mol. The molecule has 3 heteroatoms. The first kappa shape index (κ1) is 15.0. The highest BCUT2D eigenvalue weighted by molar-refractivity contribution is 5.86. The van der Waals surface area contributed by atoms with Gasteiger partial charge in [0.2, 0.25) is 0 Å². The number of aromatic nitrogens is 2. The molecule has 2 heterocycles. The number of aryl methyl sites for hydroxylation is 2. The van der Waals surface area contributed by atoms with Crippen LogP contribution in [0.5, 0.6) is 0 Å². The summed E-state index contributed by atoms with van der Waals surface area (Å²) in [4.78, 5) is 7.44. The fraction of sp³-hybridized carbons (Fsp3) is 0.286. The number of nitrogens with zero attached hydrogens (tertiary/aromatic N) is 3. The molecule has 0 spiro atoms. The Labute approximate surface area is 143 Å². The molecule has 24 heavy (non-hydrogen) atoms. The van der Waals surface area contributed by atoms with E-state index >= 15 is 0 Å². The van der Waals surface area contributed by atoms with E-state index in [0.29, 0.717) is 0 Å². The van der Waals surface area contributed by atoms with Gasteiger partial charge in [0.15, 0.2) is 0 Å². The highest BCUT2D eigenvalue weighted by atomic mass is 15.1. The van der Waals surface area contributed by atoms with Crippen molar-refractivity contribution in [3.05, 3.63) is 72.1 Å². The molecule has 0 aliphatic carbocycles. The van der Waals surface area contributed by atoms with Gasteiger partial charge in [-0.3, -0.25) is 0 Å². The van der Waals surface area contributed by atoms with E-state index in [0.717, 1.165) is 31.8 Å². The van der Waals surface area contributed by atoms with Crippen molar-refractivity contribution in [1.29, 1.82) is 0 Å². The van der Waals surface area contributed by atoms with Gasteiger partial charge in [-0.2, -0.15) is 0 Å². The molecule has 1 aliphatic heterocycles. The lowest BCUT2D eigenvalue weighted by molar-refractivity contribution is 0.725. The predicted octanol–water partition coefficient (Wildman–Crippen LogP) is 4.10. The van der Waals surface area contributed by atoms with Crippen LogP contribution in [0, 0.1) is 0 Å². The van der Waals surface area contributed by atoms with Gasteiger partial charge < -0.3 is 9.47 Å². The molecule has 3 nitrogen and oxygen atoms in total. The maximum absolute atomic E-state index is 5.03. The van der Waals surface area contributed by atoms with Crippen molar-refractivity contribution in [3.63, 3.8) is 0 Å². The zero-order valence-corrected chi connectivity index (χ0v) is 14.2. The van der Waals surface area contributed by atoms with Crippen molar-refractivity contribution in [1.82, 2.24) is 9.55 Å². The summed E-state index contributed by atoms with van der Waals surface area (Å²) in [7, 11) is 2.13. The molecule has 0 fully saturated rings. The van der Waals surface area contributed by atoms with Gasteiger partial charge in [-0.25, -0.2) is 4.98 Å². The van der Waals surface area contributed by atoms with Crippen LogP contribution >= 0.6 is 0 Å². The Hall–Kier alpha value is -2.55. The molecular formula is C21H23N3. The number of fused-ring (bicyclic) bond motifs is 3. The summed E-state index contributed by atoms with van der Waals surface area (Å²) in [6.07, 6.45) is 5.16. The first-order valence-corrected chi connectivity index (χ1v) is 8.65. The van der Waals surface area contributed by atoms with Gasteiger partial charge in [0.05, 0.1) is 11.0 Å². The topological polar surface area (TPSA) is 21.1 Å². The SMILES string of the molecule is C=CCN1CCCc2c1ccc1c2nc(Cc2ccccc2)n1C. The smallest absolute Gasteiger partial charge is 0.114 e. The van der Waals surface area contributed by atoms with E-state index in [1.165, 1.54) is 34.3 Å². The van der Waals surface area contributed by atoms with Gasteiger partial charge in [-0.1, -0.05) is 36.4 Å². The van der Waals surface area contributed by atoms with E-state index in [1.807, 2.05) is 6.08 Å². The van der Waals surface area contributed by atoms with E-state index < -0.39 is 0 Å². The zero-order valence-electron chi connectivity index (χ0n) is 14.2. The van der Waals surface area contributed by atoms with Crippen molar-refractivity contribution in [2.45, 2.75) is 19.3 Å². The molecule has 0 radical (unpaired) electrons. The maximum atomic E-state index is 5.03. The zero-order chi connectivity index (χ0) is 16.5. The van der Waals surface area contributed by atoms with E-state index in [9.17, 15) is 0 Å². The van der Waals surface area contributed by atoms with E-state index in [-0.39, 0.29) is 0 Å². The fourth-order valence-electron chi connectivity index (χ4n) is 3.74. The highest BCUT2D eigenvalue weighted by Gasteiger charge is 2.21. The predicted molar refractivity (Wildman–Crippen MR) is 101 cm³/mol. The van der Waals surface area contributed by atoms with Crippen LogP contribution in [-0.4, -0.2) is 22.6 Å². The normalized spacial score (nSPS) is 14.0. The van der Waals surface area contributed by atoms with Crippen molar-refractivity contribution in [2.24, 2.45) is 7.05 Å². The van der Waals surface area contributed by atoms with Gasteiger partial charge in [0, 0.05) is 37.8 Å². The van der Waals surface area contributed by atoms with Crippen molar-refractivity contribution in [2.75, 3.05) is 18.0 Å². The minimum absolute atomic E-state index is 0.872. The average molecular weight is 317 g/mol. The number of benzene rings is 2. The van der Waals surface area contributed by atoms with Gasteiger partial charge in [0.25, 0.3) is 0 Å². The van der Waals surface area contributed by atoms with Crippen LogP contribution in [-0.2, 0) is 19.9 Å². The largest absolute Gasteiger partial charge is 0.368 e. The Morgan fingerprint density at radius 1 is 1.17 bits per heavy atom. The van der Waals surface area contributed by atoms with Gasteiger partial charge in [0.1, 0.15) is 5.82 Å². The molecule has 2 aromatic carbocycles. The summed E-state index contributed by atoms with van der Waals surface area (Å²) >= 11 is 0. The summed E-state index contributed by atoms with van der Waals surface area (Å²) in [5.41, 5.74) is 6.45. The fourth-order valence-corrected chi connectivity index (χ4v) is 3.74. The molecule has 0 bridgehead atoms. The van der Waals surface area contributed by atoms with Crippen molar-refractivity contribution in [3.8, 4) is 0 Å². The molecule has 0 unspecified atom stereocenters. The standard InChI is InChI=1S/C21H23N3/c1-3-13-24-14-7-10-17-18(24)11-12-19-21(17)22-20(23(19)2)15-16-8-5-4-6-9-16/h3-6,8-9,11-12H,1,7,10,13-15H2,2H3. The van der Waals surface area contributed by atoms with Crippen LogP contribution < -0.4 is 4.90 Å². The Balaban J connectivity index is 1.79. The van der Waals surface area contributed by atoms with Crippen molar-refractivity contribution >= 4 is 16.7 Å². The summed E-state index contributed by atoms with van der Waals surface area (Å²) in [5, 5.41) is 0. The molecule has 0 atom stereocenters. The minimum Gasteiger partial charge on any atom is -0.368 e. The van der Waals surface area contributed by atoms with Crippen LogP contribution in [0.1, 0.15) is 23.4 Å². The Morgan fingerprint density at radius 3 is 2.79 bits per heavy atom. The van der Waals surface area contributed by atoms with Gasteiger partial charge in [-0.05, 0) is 30.5 Å². The molecule has 0 saturated heterocycles. The van der Waals surface area contributed by atoms with E-state index in [1.54, 1.807) is 0 Å². The first-order chi connectivity index (χ1) is 11.8. The molecule has 3 aromatic rings. The quantitative estimate of drug-likeness (QED) is 0.675. The summed E-state index contributed by atoms with van der Waals surface area (Å²) in [6.45, 7) is 5.90. The number of rotatable bonds is 4. The minimum atomic E-state index is 0.872. The molecule has 0 amide bonds. The molecule has 0 N–H and O–H groups in total. The van der Waals surface area contributed by atoms with Gasteiger partial charge in [-0.15, -0.1) is 6.58 Å². The second-order valence-corrected chi connectivity index (χ2v) is 6.52. The van der Waals surface area contributed by atoms with Gasteiger partial charge >= 0.3 is 0 Å². The Kier molecular flexibility index (Phi) is 3.85. The second-order valence-electron chi connectivity index (χ2n) is 6.52. The number of hydrogen-bond acceptors (Lipinski definition) is 2. The van der Waals surface area contributed by atoms with Crippen molar-refractivity contribution < 1.29 is 0 Å². The van der Waals surface area contributed by atoms with E-state index in [2.05, 4.69) is 65.6 Å². The second kappa shape index (κ2) is 6.16. The third kappa shape index (κ3) is 2.50. The van der Waals surface area contributed by atoms with E-state index in [4.69, 9.17) is 4.98 Å². The summed E-state index contributed by atoms with van der Waals surface area (Å²) in [6, 6.07) is 15.1. The highest BCUT2D eigenvalue weighted by Crippen LogP contribution is 2.33. The van der Waals surface area contributed by atoms with Crippen LogP contribution in [0.15, 0.2) is 55.1 Å². The molecule has 122 valence electrons. The summed E-state index contributed by atoms with van der Waals surface area (Å²) in [5.74, 6) is 1.13. The average Bonchev–Trinajstić information content (AvgIpc) is 2.93. The number of anilines is 1. The van der Waals surface area contributed by atoms with Crippen LogP contribution in [0.2, 0.25) is 0 Å². The molecule has 1 aromatic heterocycles.